The van der Waals surface area contributed by atoms with Crippen LogP contribution in [-0.4, -0.2) is 30.0 Å². The lowest BCUT2D eigenvalue weighted by molar-refractivity contribution is 0.0917. The number of benzene rings is 1. The van der Waals surface area contributed by atoms with Crippen molar-refractivity contribution in [1.82, 2.24) is 15.6 Å². The summed E-state index contributed by atoms with van der Waals surface area (Å²) in [5.74, 6) is 0.472. The third-order valence-corrected chi connectivity index (χ3v) is 4.78. The summed E-state index contributed by atoms with van der Waals surface area (Å²) in [4.78, 5) is 17.3. The van der Waals surface area contributed by atoms with Gasteiger partial charge in [-0.15, -0.1) is 24.8 Å². The Morgan fingerprint density at radius 3 is 2.79 bits per heavy atom. The van der Waals surface area contributed by atoms with E-state index in [4.69, 9.17) is 0 Å². The molecule has 2 aromatic rings. The number of hydrogen-bond donors (Lipinski definition) is 2. The van der Waals surface area contributed by atoms with Crippen molar-refractivity contribution in [2.45, 2.75) is 26.3 Å². The number of piperidine rings is 1. The second kappa shape index (κ2) is 8.99. The number of carbonyl (C=O) groups is 1. The van der Waals surface area contributed by atoms with Gasteiger partial charge in [-0.1, -0.05) is 22.9 Å². The molecule has 7 heteroatoms. The number of hydrogen-bond acceptors (Lipinski definition) is 3. The molecule has 2 unspecified atom stereocenters. The van der Waals surface area contributed by atoms with Crippen molar-refractivity contribution in [2.24, 2.45) is 5.92 Å². The molecule has 132 valence electrons. The lowest BCUT2D eigenvalue weighted by Gasteiger charge is -2.30. The monoisotopic (exact) mass is 433 g/mol. The number of nitrogens with one attached hydrogen (secondary N) is 2. The van der Waals surface area contributed by atoms with E-state index in [2.05, 4.69) is 38.5 Å². The van der Waals surface area contributed by atoms with Gasteiger partial charge in [-0.3, -0.25) is 9.78 Å². The Morgan fingerprint density at radius 1 is 1.33 bits per heavy atom. The van der Waals surface area contributed by atoms with E-state index in [-0.39, 0.29) is 36.8 Å². The molecule has 0 radical (unpaired) electrons. The molecular formula is C17H22BrCl2N3O. The molecule has 1 amide bonds. The summed E-state index contributed by atoms with van der Waals surface area (Å²) in [6, 6.07) is 7.89. The van der Waals surface area contributed by atoms with Gasteiger partial charge >= 0.3 is 0 Å². The molecule has 1 saturated heterocycles. The van der Waals surface area contributed by atoms with Crippen LogP contribution in [0.3, 0.4) is 0 Å². The van der Waals surface area contributed by atoms with Crippen molar-refractivity contribution >= 4 is 57.6 Å². The van der Waals surface area contributed by atoms with E-state index in [9.17, 15) is 4.79 Å². The summed E-state index contributed by atoms with van der Waals surface area (Å²) in [7, 11) is 0. The second-order valence-electron chi connectivity index (χ2n) is 6.02. The van der Waals surface area contributed by atoms with Gasteiger partial charge in [0.25, 0.3) is 5.91 Å². The molecule has 2 atom stereocenters. The fourth-order valence-electron chi connectivity index (χ4n) is 2.95. The van der Waals surface area contributed by atoms with Gasteiger partial charge in [-0.2, -0.15) is 0 Å². The van der Waals surface area contributed by atoms with Gasteiger partial charge in [-0.05, 0) is 50.1 Å². The summed E-state index contributed by atoms with van der Waals surface area (Å²) in [6.07, 6.45) is 1.09. The van der Waals surface area contributed by atoms with Crippen molar-refractivity contribution in [1.29, 1.82) is 0 Å². The molecule has 1 aliphatic rings. The van der Waals surface area contributed by atoms with Gasteiger partial charge in [0, 0.05) is 28.1 Å². The molecule has 0 aliphatic carbocycles. The van der Waals surface area contributed by atoms with Crippen LogP contribution in [0.4, 0.5) is 0 Å². The van der Waals surface area contributed by atoms with Crippen molar-refractivity contribution < 1.29 is 4.79 Å². The molecule has 1 aliphatic heterocycles. The summed E-state index contributed by atoms with van der Waals surface area (Å²) >= 11 is 3.47. The number of carbonyl (C=O) groups excluding carboxylic acids is 1. The van der Waals surface area contributed by atoms with Crippen LogP contribution in [-0.2, 0) is 0 Å². The summed E-state index contributed by atoms with van der Waals surface area (Å²) in [5.41, 5.74) is 2.40. The van der Waals surface area contributed by atoms with Crippen molar-refractivity contribution in [3.05, 3.63) is 40.0 Å². The Labute approximate surface area is 163 Å². The summed E-state index contributed by atoms with van der Waals surface area (Å²) in [5, 5.41) is 7.41. The van der Waals surface area contributed by atoms with E-state index in [1.54, 1.807) is 0 Å². The number of fused-ring (bicyclic) bond motifs is 1. The Hall–Kier alpha value is -0.880. The van der Waals surface area contributed by atoms with Gasteiger partial charge in [-0.25, -0.2) is 0 Å². The zero-order chi connectivity index (χ0) is 15.7. The standard InChI is InChI=1S/C17H20BrN3O.2ClH/c1-10-5-6-19-9-16(10)21-17(22)14-7-11(2)20-15-4-3-12(18)8-13(14)15;;/h3-4,7-8,10,16,19H,5-6,9H2,1-2H3,(H,21,22);2*1H. The molecule has 1 aromatic carbocycles. The first-order valence-corrected chi connectivity index (χ1v) is 8.42. The van der Waals surface area contributed by atoms with E-state index in [1.807, 2.05) is 31.2 Å². The van der Waals surface area contributed by atoms with Gasteiger partial charge < -0.3 is 10.6 Å². The van der Waals surface area contributed by atoms with Crippen LogP contribution >= 0.6 is 40.7 Å². The minimum atomic E-state index is -0.0193. The highest BCUT2D eigenvalue weighted by molar-refractivity contribution is 9.10. The van der Waals surface area contributed by atoms with E-state index < -0.39 is 0 Å². The van der Waals surface area contributed by atoms with Crippen molar-refractivity contribution in [3.8, 4) is 0 Å². The van der Waals surface area contributed by atoms with Crippen LogP contribution < -0.4 is 10.6 Å². The van der Waals surface area contributed by atoms with Crippen LogP contribution in [0.2, 0.25) is 0 Å². The fourth-order valence-corrected chi connectivity index (χ4v) is 3.31. The second-order valence-corrected chi connectivity index (χ2v) is 6.94. The van der Waals surface area contributed by atoms with Crippen LogP contribution in [0.25, 0.3) is 10.9 Å². The first-order valence-electron chi connectivity index (χ1n) is 7.63. The molecule has 0 bridgehead atoms. The molecule has 0 saturated carbocycles. The normalized spacial score (nSPS) is 20.0. The van der Waals surface area contributed by atoms with Gasteiger partial charge in [0.2, 0.25) is 0 Å². The van der Waals surface area contributed by atoms with Crippen molar-refractivity contribution in [2.75, 3.05) is 13.1 Å². The Kier molecular flexibility index (Phi) is 7.93. The maximum atomic E-state index is 12.8. The third kappa shape index (κ3) is 4.60. The average molecular weight is 435 g/mol. The number of rotatable bonds is 2. The average Bonchev–Trinajstić information content (AvgIpc) is 2.49. The number of halogens is 3. The topological polar surface area (TPSA) is 54.0 Å². The fraction of sp³-hybridized carbons (Fsp3) is 0.412. The van der Waals surface area contributed by atoms with Gasteiger partial charge in [0.05, 0.1) is 11.1 Å². The molecule has 2 heterocycles. The minimum Gasteiger partial charge on any atom is -0.348 e. The zero-order valence-electron chi connectivity index (χ0n) is 13.6. The number of aromatic nitrogens is 1. The predicted molar refractivity (Wildman–Crippen MR) is 107 cm³/mol. The molecule has 24 heavy (non-hydrogen) atoms. The third-order valence-electron chi connectivity index (χ3n) is 4.29. The van der Waals surface area contributed by atoms with Crippen LogP contribution in [0.15, 0.2) is 28.7 Å². The number of pyridine rings is 1. The van der Waals surface area contributed by atoms with E-state index >= 15 is 0 Å². The molecule has 1 fully saturated rings. The first-order chi connectivity index (χ1) is 10.5. The first kappa shape index (κ1) is 21.2. The molecule has 3 rings (SSSR count). The van der Waals surface area contributed by atoms with Crippen LogP contribution in [0, 0.1) is 12.8 Å². The SMILES string of the molecule is Cc1cc(C(=O)NC2CNCCC2C)c2cc(Br)ccc2n1.Cl.Cl. The minimum absolute atomic E-state index is 0. The maximum absolute atomic E-state index is 12.8. The summed E-state index contributed by atoms with van der Waals surface area (Å²) in [6.45, 7) is 5.97. The quantitative estimate of drug-likeness (QED) is 0.753. The molecule has 1 aromatic heterocycles. The largest absolute Gasteiger partial charge is 0.348 e. The molecule has 0 spiro atoms. The van der Waals surface area contributed by atoms with Crippen LogP contribution in [0.5, 0.6) is 0 Å². The summed E-state index contributed by atoms with van der Waals surface area (Å²) < 4.78 is 0.951. The van der Waals surface area contributed by atoms with E-state index in [0.717, 1.165) is 40.6 Å². The lowest BCUT2D eigenvalue weighted by atomic mass is 9.94. The molecule has 2 N–H and O–H groups in total. The lowest BCUT2D eigenvalue weighted by Crippen LogP contribution is -2.50. The highest BCUT2D eigenvalue weighted by atomic mass is 79.9. The smallest absolute Gasteiger partial charge is 0.252 e. The van der Waals surface area contributed by atoms with Gasteiger partial charge in [0.15, 0.2) is 0 Å². The maximum Gasteiger partial charge on any atom is 0.252 e. The molecule has 4 nitrogen and oxygen atoms in total. The molecular weight excluding hydrogens is 413 g/mol. The van der Waals surface area contributed by atoms with Gasteiger partial charge in [0.1, 0.15) is 0 Å². The highest BCUT2D eigenvalue weighted by Crippen LogP contribution is 2.23. The van der Waals surface area contributed by atoms with Crippen molar-refractivity contribution in [3.63, 3.8) is 0 Å². The zero-order valence-corrected chi connectivity index (χ0v) is 16.9. The van der Waals surface area contributed by atoms with E-state index in [0.29, 0.717) is 11.5 Å². The predicted octanol–water partition coefficient (Wildman–Crippen LogP) is 3.88. The highest BCUT2D eigenvalue weighted by Gasteiger charge is 2.24. The number of aryl methyl sites for hydroxylation is 1. The Balaban J connectivity index is 0.00000144. The van der Waals surface area contributed by atoms with Crippen LogP contribution in [0.1, 0.15) is 29.4 Å². The Morgan fingerprint density at radius 2 is 2.08 bits per heavy atom. The van der Waals surface area contributed by atoms with E-state index in [1.165, 1.54) is 0 Å². The number of nitrogens with zero attached hydrogens (tertiary/aromatic N) is 1. The Bertz CT molecular complexity index is 726. The number of amides is 1.